The van der Waals surface area contributed by atoms with Crippen molar-refractivity contribution in [2.45, 2.75) is 18.4 Å². The second-order valence-electron chi connectivity index (χ2n) is 6.34. The van der Waals surface area contributed by atoms with Crippen LogP contribution in [0.4, 0.5) is 9.18 Å². The van der Waals surface area contributed by atoms with Crippen molar-refractivity contribution in [2.75, 3.05) is 6.54 Å². The molecule has 1 saturated carbocycles. The Bertz CT molecular complexity index is 909. The van der Waals surface area contributed by atoms with Crippen molar-refractivity contribution < 1.29 is 18.8 Å². The number of amides is 4. The van der Waals surface area contributed by atoms with Gasteiger partial charge in [0, 0.05) is 6.07 Å². The summed E-state index contributed by atoms with van der Waals surface area (Å²) in [7, 11) is 0. The first-order valence-electron chi connectivity index (χ1n) is 8.08. The van der Waals surface area contributed by atoms with Crippen LogP contribution in [0.25, 0.3) is 5.69 Å². The molecule has 2 aliphatic rings. The van der Waals surface area contributed by atoms with E-state index in [9.17, 15) is 18.8 Å². The minimum absolute atomic E-state index is 0.00257. The molecule has 10 heteroatoms. The number of halogens is 1. The molecular formula is C16H15FN6O3. The largest absolute Gasteiger partial charge is 0.348 e. The number of carbonyl (C=O) groups excluding carboxylic acids is 3. The van der Waals surface area contributed by atoms with Gasteiger partial charge in [-0.2, -0.15) is 9.90 Å². The molecule has 1 aliphatic heterocycles. The smallest absolute Gasteiger partial charge is 0.322 e. The third-order valence-corrected chi connectivity index (χ3v) is 4.53. The fourth-order valence-corrected chi connectivity index (χ4v) is 3.04. The lowest BCUT2D eigenvalue weighted by Crippen LogP contribution is -2.57. The van der Waals surface area contributed by atoms with E-state index in [1.807, 2.05) is 0 Å². The minimum atomic E-state index is -1.12. The van der Waals surface area contributed by atoms with E-state index in [4.69, 9.17) is 0 Å². The number of nitrogens with one attached hydrogen (secondary N) is 3. The van der Waals surface area contributed by atoms with E-state index in [1.165, 1.54) is 24.4 Å². The molecule has 1 atom stereocenters. The minimum Gasteiger partial charge on any atom is -0.348 e. The van der Waals surface area contributed by atoms with Gasteiger partial charge < -0.3 is 10.6 Å². The van der Waals surface area contributed by atoms with Crippen molar-refractivity contribution in [1.29, 1.82) is 0 Å². The second-order valence-corrected chi connectivity index (χ2v) is 6.34. The monoisotopic (exact) mass is 358 g/mol. The highest BCUT2D eigenvalue weighted by molar-refractivity contribution is 6.08. The highest BCUT2D eigenvalue weighted by atomic mass is 19.1. The fourth-order valence-electron chi connectivity index (χ4n) is 3.04. The van der Waals surface area contributed by atoms with E-state index in [0.717, 1.165) is 17.6 Å². The van der Waals surface area contributed by atoms with Crippen LogP contribution in [0.15, 0.2) is 30.5 Å². The van der Waals surface area contributed by atoms with Crippen LogP contribution in [0, 0.1) is 11.7 Å². The molecule has 2 aromatic rings. The summed E-state index contributed by atoms with van der Waals surface area (Å²) in [5, 5.41) is 15.4. The summed E-state index contributed by atoms with van der Waals surface area (Å²) < 4.78 is 13.3. The van der Waals surface area contributed by atoms with Gasteiger partial charge in [-0.25, -0.2) is 9.18 Å². The fraction of sp³-hybridized carbons (Fsp3) is 0.312. The number of imide groups is 1. The molecule has 9 nitrogen and oxygen atoms in total. The lowest BCUT2D eigenvalue weighted by Gasteiger charge is -2.25. The highest BCUT2D eigenvalue weighted by Crippen LogP contribution is 2.41. The van der Waals surface area contributed by atoms with Gasteiger partial charge in [-0.1, -0.05) is 6.07 Å². The lowest BCUT2D eigenvalue weighted by atomic mass is 9.93. The average molecular weight is 358 g/mol. The second kappa shape index (κ2) is 5.90. The standard InChI is InChI=1S/C16H15FN6O3/c17-10-2-1-3-11(6-10)23-19-7-12(22-23)13(24)18-8-16(9-4-5-9)14(25)20-15(26)21-16/h1-3,6-7,9H,4-5,8H2,(H,18,24)(H2,20,21,25,26)/t16-/m0/s1. The number of rotatable bonds is 5. The van der Waals surface area contributed by atoms with Crippen LogP contribution in [0.2, 0.25) is 0 Å². The summed E-state index contributed by atoms with van der Waals surface area (Å²) in [6.07, 6.45) is 2.86. The van der Waals surface area contributed by atoms with E-state index in [2.05, 4.69) is 26.1 Å². The number of hydrogen-bond donors (Lipinski definition) is 3. The van der Waals surface area contributed by atoms with Gasteiger partial charge in [-0.3, -0.25) is 14.9 Å². The number of aromatic nitrogens is 3. The zero-order valence-corrected chi connectivity index (χ0v) is 13.5. The Labute approximate surface area is 146 Å². The van der Waals surface area contributed by atoms with E-state index in [0.29, 0.717) is 5.69 Å². The molecule has 2 heterocycles. The first-order chi connectivity index (χ1) is 12.5. The summed E-state index contributed by atoms with van der Waals surface area (Å²) in [5.41, 5.74) is -0.725. The van der Waals surface area contributed by atoms with Crippen LogP contribution in [-0.4, -0.2) is 44.9 Å². The van der Waals surface area contributed by atoms with Gasteiger partial charge in [0.2, 0.25) is 0 Å². The SMILES string of the molecule is O=C1NC(=O)[C@](CNC(=O)c2cnn(-c3cccc(F)c3)n2)(C2CC2)N1. The Morgan fingerprint density at radius 2 is 2.19 bits per heavy atom. The van der Waals surface area contributed by atoms with Crippen LogP contribution >= 0.6 is 0 Å². The quantitative estimate of drug-likeness (QED) is 0.657. The van der Waals surface area contributed by atoms with Gasteiger partial charge in [0.25, 0.3) is 11.8 Å². The van der Waals surface area contributed by atoms with Gasteiger partial charge in [-0.05, 0) is 30.9 Å². The molecule has 26 heavy (non-hydrogen) atoms. The molecule has 134 valence electrons. The van der Waals surface area contributed by atoms with Crippen molar-refractivity contribution >= 4 is 17.8 Å². The molecule has 4 rings (SSSR count). The number of nitrogens with zero attached hydrogens (tertiary/aromatic N) is 3. The maximum Gasteiger partial charge on any atom is 0.322 e. The Kier molecular flexibility index (Phi) is 3.67. The van der Waals surface area contributed by atoms with Crippen molar-refractivity contribution in [3.8, 4) is 5.69 Å². The van der Waals surface area contributed by atoms with E-state index < -0.39 is 29.2 Å². The van der Waals surface area contributed by atoms with Crippen LogP contribution in [0.5, 0.6) is 0 Å². The van der Waals surface area contributed by atoms with Gasteiger partial charge in [-0.15, -0.1) is 5.10 Å². The van der Waals surface area contributed by atoms with Crippen LogP contribution in [0.3, 0.4) is 0 Å². The number of carbonyl (C=O) groups is 3. The molecule has 3 N–H and O–H groups in total. The zero-order chi connectivity index (χ0) is 18.3. The van der Waals surface area contributed by atoms with E-state index in [-0.39, 0.29) is 18.2 Å². The van der Waals surface area contributed by atoms with Gasteiger partial charge in [0.1, 0.15) is 11.4 Å². The number of benzene rings is 1. The lowest BCUT2D eigenvalue weighted by molar-refractivity contribution is -0.124. The molecule has 1 saturated heterocycles. The Morgan fingerprint density at radius 3 is 2.85 bits per heavy atom. The Balaban J connectivity index is 1.47. The predicted octanol–water partition coefficient (Wildman–Crippen LogP) is 0.124. The van der Waals surface area contributed by atoms with Crippen molar-refractivity contribution in [3.63, 3.8) is 0 Å². The van der Waals surface area contributed by atoms with Crippen molar-refractivity contribution in [2.24, 2.45) is 5.92 Å². The average Bonchev–Trinajstić information content (AvgIpc) is 3.27. The molecular weight excluding hydrogens is 343 g/mol. The van der Waals surface area contributed by atoms with Crippen LogP contribution in [0.1, 0.15) is 23.3 Å². The third kappa shape index (κ3) is 2.79. The molecule has 0 bridgehead atoms. The van der Waals surface area contributed by atoms with Gasteiger partial charge >= 0.3 is 6.03 Å². The van der Waals surface area contributed by atoms with E-state index in [1.54, 1.807) is 6.07 Å². The molecule has 4 amide bonds. The molecule has 1 aromatic carbocycles. The molecule has 2 fully saturated rings. The Morgan fingerprint density at radius 1 is 1.38 bits per heavy atom. The van der Waals surface area contributed by atoms with Gasteiger partial charge in [0.05, 0.1) is 18.4 Å². The molecule has 1 aromatic heterocycles. The van der Waals surface area contributed by atoms with E-state index >= 15 is 0 Å². The normalized spacial score (nSPS) is 22.0. The maximum atomic E-state index is 13.3. The first-order valence-corrected chi connectivity index (χ1v) is 8.08. The zero-order valence-electron chi connectivity index (χ0n) is 13.5. The van der Waals surface area contributed by atoms with Crippen LogP contribution in [-0.2, 0) is 4.79 Å². The molecule has 0 unspecified atom stereocenters. The molecule has 1 aliphatic carbocycles. The summed E-state index contributed by atoms with van der Waals surface area (Å²) in [6, 6.07) is 5.08. The molecule has 0 spiro atoms. The highest BCUT2D eigenvalue weighted by Gasteiger charge is 2.56. The summed E-state index contributed by atoms with van der Waals surface area (Å²) in [5.74, 6) is -1.42. The Hall–Kier alpha value is -3.30. The number of urea groups is 1. The maximum absolute atomic E-state index is 13.3. The van der Waals surface area contributed by atoms with Crippen molar-refractivity contribution in [1.82, 2.24) is 30.9 Å². The van der Waals surface area contributed by atoms with Crippen LogP contribution < -0.4 is 16.0 Å². The molecule has 0 radical (unpaired) electrons. The first kappa shape index (κ1) is 16.2. The third-order valence-electron chi connectivity index (χ3n) is 4.53. The van der Waals surface area contributed by atoms with Gasteiger partial charge in [0.15, 0.2) is 5.69 Å². The summed E-state index contributed by atoms with van der Waals surface area (Å²) in [4.78, 5) is 37.1. The summed E-state index contributed by atoms with van der Waals surface area (Å²) in [6.45, 7) is -0.0408. The predicted molar refractivity (Wildman–Crippen MR) is 85.8 cm³/mol. The number of hydrogen-bond acceptors (Lipinski definition) is 5. The topological polar surface area (TPSA) is 118 Å². The summed E-state index contributed by atoms with van der Waals surface area (Å²) >= 11 is 0. The van der Waals surface area contributed by atoms with Crippen molar-refractivity contribution in [3.05, 3.63) is 42.0 Å².